The molecule has 0 radical (unpaired) electrons. The Morgan fingerprint density at radius 1 is 1.60 bits per heavy atom. The van der Waals surface area contributed by atoms with Crippen molar-refractivity contribution in [2.45, 2.75) is 26.3 Å². The van der Waals surface area contributed by atoms with E-state index in [1.807, 2.05) is 0 Å². The molecule has 4 atom stereocenters. The molecule has 4 N–H and O–H groups in total. The molecule has 2 nitrogen and oxygen atoms in total. The van der Waals surface area contributed by atoms with Crippen LogP contribution in [-0.2, 0) is 0 Å². The summed E-state index contributed by atoms with van der Waals surface area (Å²) in [6.07, 6.45) is 1.19. The van der Waals surface area contributed by atoms with Gasteiger partial charge in [0.2, 0.25) is 0 Å². The van der Waals surface area contributed by atoms with Crippen molar-refractivity contribution in [3.8, 4) is 0 Å². The first-order valence-corrected chi connectivity index (χ1v) is 4.12. The Morgan fingerprint density at radius 2 is 2.20 bits per heavy atom. The second-order valence-electron chi connectivity index (χ2n) is 3.67. The van der Waals surface area contributed by atoms with E-state index in [-0.39, 0.29) is 0 Å². The van der Waals surface area contributed by atoms with E-state index in [2.05, 4.69) is 13.8 Å². The first-order valence-electron chi connectivity index (χ1n) is 4.12. The number of rotatable bonds is 2. The monoisotopic (exact) mass is 142 g/mol. The summed E-state index contributed by atoms with van der Waals surface area (Å²) in [6.45, 7) is 5.24. The summed E-state index contributed by atoms with van der Waals surface area (Å²) in [4.78, 5) is 0. The zero-order valence-corrected chi connectivity index (χ0v) is 6.88. The molecule has 1 saturated carbocycles. The predicted octanol–water partition coefficient (Wildman–Crippen LogP) is 0.564. The van der Waals surface area contributed by atoms with E-state index >= 15 is 0 Å². The molecule has 0 aromatic heterocycles. The molecule has 0 spiro atoms. The topological polar surface area (TPSA) is 52.0 Å². The van der Waals surface area contributed by atoms with Gasteiger partial charge in [-0.25, -0.2) is 0 Å². The lowest BCUT2D eigenvalue weighted by Gasteiger charge is -2.44. The molecular weight excluding hydrogens is 124 g/mol. The molecule has 60 valence electrons. The van der Waals surface area contributed by atoms with Crippen LogP contribution in [0.25, 0.3) is 0 Å². The van der Waals surface area contributed by atoms with E-state index in [0.717, 1.165) is 12.5 Å². The van der Waals surface area contributed by atoms with Gasteiger partial charge in [-0.05, 0) is 30.7 Å². The van der Waals surface area contributed by atoms with Crippen molar-refractivity contribution in [1.82, 2.24) is 0 Å². The Hall–Kier alpha value is -0.0800. The average molecular weight is 142 g/mol. The summed E-state index contributed by atoms with van der Waals surface area (Å²) in [7, 11) is 0. The normalized spacial score (nSPS) is 42.6. The summed E-state index contributed by atoms with van der Waals surface area (Å²) >= 11 is 0. The molecule has 0 bridgehead atoms. The molecule has 1 aliphatic carbocycles. The summed E-state index contributed by atoms with van der Waals surface area (Å²) in [5.74, 6) is 2.09. The molecular formula is C8H18N2. The maximum Gasteiger partial charge on any atom is 0.00753 e. The highest BCUT2D eigenvalue weighted by Gasteiger charge is 2.38. The van der Waals surface area contributed by atoms with E-state index in [1.165, 1.54) is 6.42 Å². The van der Waals surface area contributed by atoms with Gasteiger partial charge >= 0.3 is 0 Å². The molecule has 0 aromatic carbocycles. The lowest BCUT2D eigenvalue weighted by Crippen LogP contribution is -2.50. The van der Waals surface area contributed by atoms with Crippen LogP contribution in [0.4, 0.5) is 0 Å². The Balaban J connectivity index is 2.38. The van der Waals surface area contributed by atoms with Gasteiger partial charge in [0, 0.05) is 6.04 Å². The van der Waals surface area contributed by atoms with E-state index in [4.69, 9.17) is 11.5 Å². The molecule has 0 heterocycles. The van der Waals surface area contributed by atoms with Crippen LogP contribution >= 0.6 is 0 Å². The van der Waals surface area contributed by atoms with Gasteiger partial charge < -0.3 is 11.5 Å². The zero-order chi connectivity index (χ0) is 7.72. The maximum atomic E-state index is 5.83. The standard InChI is InChI=1S/C8H18N2/c1-5-3-7(10)8(5)6(2)4-9/h5-8H,3-4,9-10H2,1-2H3/t5-,6?,7?,8?/m1/s1. The molecule has 1 aliphatic rings. The number of hydrogen-bond donors (Lipinski definition) is 2. The Labute approximate surface area is 63.0 Å². The highest BCUT2D eigenvalue weighted by molar-refractivity contribution is 4.92. The third-order valence-electron chi connectivity index (χ3n) is 2.82. The molecule has 10 heavy (non-hydrogen) atoms. The fourth-order valence-corrected chi connectivity index (χ4v) is 2.11. The van der Waals surface area contributed by atoms with Crippen LogP contribution in [-0.4, -0.2) is 12.6 Å². The molecule has 0 aliphatic heterocycles. The number of hydrogen-bond acceptors (Lipinski definition) is 2. The van der Waals surface area contributed by atoms with Crippen molar-refractivity contribution in [2.75, 3.05) is 6.54 Å². The molecule has 3 unspecified atom stereocenters. The average Bonchev–Trinajstić information content (AvgIpc) is 1.87. The summed E-state index contributed by atoms with van der Waals surface area (Å²) < 4.78 is 0. The van der Waals surface area contributed by atoms with Gasteiger partial charge in [0.15, 0.2) is 0 Å². The lowest BCUT2D eigenvalue weighted by molar-refractivity contribution is 0.0976. The van der Waals surface area contributed by atoms with Crippen LogP contribution in [0.1, 0.15) is 20.3 Å². The SMILES string of the molecule is CC(CN)C1C(N)C[C@H]1C. The zero-order valence-electron chi connectivity index (χ0n) is 6.88. The minimum Gasteiger partial charge on any atom is -0.330 e. The van der Waals surface area contributed by atoms with Crippen LogP contribution in [0.15, 0.2) is 0 Å². The smallest absolute Gasteiger partial charge is 0.00753 e. The van der Waals surface area contributed by atoms with Crippen LogP contribution in [0.5, 0.6) is 0 Å². The highest BCUT2D eigenvalue weighted by Crippen LogP contribution is 2.37. The van der Waals surface area contributed by atoms with Crippen molar-refractivity contribution in [1.29, 1.82) is 0 Å². The van der Waals surface area contributed by atoms with Crippen LogP contribution < -0.4 is 11.5 Å². The minimum atomic E-state index is 0.425. The maximum absolute atomic E-state index is 5.83. The van der Waals surface area contributed by atoms with Gasteiger partial charge in [-0.2, -0.15) is 0 Å². The summed E-state index contributed by atoms with van der Waals surface area (Å²) in [5.41, 5.74) is 11.4. The second-order valence-corrected chi connectivity index (χ2v) is 3.67. The van der Waals surface area contributed by atoms with Gasteiger partial charge in [-0.3, -0.25) is 0 Å². The van der Waals surface area contributed by atoms with Crippen molar-refractivity contribution < 1.29 is 0 Å². The molecule has 0 aromatic rings. The largest absolute Gasteiger partial charge is 0.330 e. The molecule has 1 fully saturated rings. The van der Waals surface area contributed by atoms with E-state index in [1.54, 1.807) is 0 Å². The summed E-state index contributed by atoms with van der Waals surface area (Å²) in [5, 5.41) is 0. The van der Waals surface area contributed by atoms with Gasteiger partial charge in [-0.1, -0.05) is 13.8 Å². The Bertz CT molecular complexity index is 106. The second kappa shape index (κ2) is 2.89. The molecule has 0 amide bonds. The van der Waals surface area contributed by atoms with E-state index < -0.39 is 0 Å². The minimum absolute atomic E-state index is 0.425. The number of nitrogens with two attached hydrogens (primary N) is 2. The molecule has 1 rings (SSSR count). The van der Waals surface area contributed by atoms with Gasteiger partial charge in [-0.15, -0.1) is 0 Å². The predicted molar refractivity (Wildman–Crippen MR) is 43.5 cm³/mol. The fraction of sp³-hybridized carbons (Fsp3) is 1.00. The summed E-state index contributed by atoms with van der Waals surface area (Å²) in [6, 6.07) is 0.425. The quantitative estimate of drug-likeness (QED) is 0.592. The molecule has 0 saturated heterocycles. The highest BCUT2D eigenvalue weighted by atomic mass is 14.7. The van der Waals surface area contributed by atoms with Crippen LogP contribution in [0, 0.1) is 17.8 Å². The third kappa shape index (κ3) is 1.18. The van der Waals surface area contributed by atoms with Crippen molar-refractivity contribution in [3.05, 3.63) is 0 Å². The van der Waals surface area contributed by atoms with E-state index in [9.17, 15) is 0 Å². The van der Waals surface area contributed by atoms with Crippen molar-refractivity contribution in [2.24, 2.45) is 29.2 Å². The van der Waals surface area contributed by atoms with Crippen LogP contribution in [0.2, 0.25) is 0 Å². The van der Waals surface area contributed by atoms with Gasteiger partial charge in [0.1, 0.15) is 0 Å². The first-order chi connectivity index (χ1) is 4.66. The first kappa shape index (κ1) is 8.02. The van der Waals surface area contributed by atoms with Crippen LogP contribution in [0.3, 0.4) is 0 Å². The lowest BCUT2D eigenvalue weighted by atomic mass is 9.65. The third-order valence-corrected chi connectivity index (χ3v) is 2.82. The van der Waals surface area contributed by atoms with Crippen molar-refractivity contribution in [3.63, 3.8) is 0 Å². The van der Waals surface area contributed by atoms with Gasteiger partial charge in [0.25, 0.3) is 0 Å². The molecule has 2 heteroatoms. The fourth-order valence-electron chi connectivity index (χ4n) is 2.11. The van der Waals surface area contributed by atoms with E-state index in [0.29, 0.717) is 17.9 Å². The Kier molecular flexibility index (Phi) is 2.32. The van der Waals surface area contributed by atoms with Crippen molar-refractivity contribution >= 4 is 0 Å². The Morgan fingerprint density at radius 3 is 2.40 bits per heavy atom. The van der Waals surface area contributed by atoms with Gasteiger partial charge in [0.05, 0.1) is 0 Å².